The lowest BCUT2D eigenvalue weighted by Crippen LogP contribution is -2.34. The summed E-state index contributed by atoms with van der Waals surface area (Å²) in [5.74, 6) is 1.33. The normalized spacial score (nSPS) is 23.4. The van der Waals surface area contributed by atoms with Crippen molar-refractivity contribution in [2.24, 2.45) is 5.92 Å². The van der Waals surface area contributed by atoms with Crippen LogP contribution in [0, 0.1) is 5.92 Å². The van der Waals surface area contributed by atoms with E-state index >= 15 is 0 Å². The van der Waals surface area contributed by atoms with Gasteiger partial charge in [0.1, 0.15) is 5.82 Å². The van der Waals surface area contributed by atoms with Crippen LogP contribution in [0.2, 0.25) is 0 Å². The first-order valence-corrected chi connectivity index (χ1v) is 5.51. The second-order valence-electron chi connectivity index (χ2n) is 4.30. The molecule has 2 rings (SSSR count). The summed E-state index contributed by atoms with van der Waals surface area (Å²) in [5.41, 5.74) is 0.343. The van der Waals surface area contributed by atoms with Gasteiger partial charge in [-0.1, -0.05) is 6.92 Å². The number of carbonyl (C=O) groups excluding carboxylic acids is 1. The van der Waals surface area contributed by atoms with Crippen LogP contribution in [0.5, 0.6) is 0 Å². The summed E-state index contributed by atoms with van der Waals surface area (Å²) in [6.45, 7) is 2.23. The van der Waals surface area contributed by atoms with Gasteiger partial charge in [0.25, 0.3) is 5.91 Å². The fourth-order valence-corrected chi connectivity index (χ4v) is 1.89. The van der Waals surface area contributed by atoms with E-state index in [2.05, 4.69) is 27.8 Å². The summed E-state index contributed by atoms with van der Waals surface area (Å²) in [7, 11) is 1.58. The minimum absolute atomic E-state index is 0.212. The van der Waals surface area contributed by atoms with Crippen LogP contribution in [0.15, 0.2) is 12.1 Å². The summed E-state index contributed by atoms with van der Waals surface area (Å²) in [5, 5.41) is 13.6. The Hall–Kier alpha value is -1.65. The molecule has 1 saturated carbocycles. The monoisotopic (exact) mass is 220 g/mol. The highest BCUT2D eigenvalue weighted by Gasteiger charge is 2.25. The summed E-state index contributed by atoms with van der Waals surface area (Å²) >= 11 is 0. The first-order chi connectivity index (χ1) is 7.69. The molecule has 16 heavy (non-hydrogen) atoms. The van der Waals surface area contributed by atoms with Gasteiger partial charge in [0.05, 0.1) is 0 Å². The van der Waals surface area contributed by atoms with Crippen LogP contribution >= 0.6 is 0 Å². The predicted molar refractivity (Wildman–Crippen MR) is 61.2 cm³/mol. The molecule has 5 heteroatoms. The molecule has 0 bridgehead atoms. The maximum Gasteiger partial charge on any atom is 0.271 e. The van der Waals surface area contributed by atoms with Gasteiger partial charge in [-0.15, -0.1) is 10.2 Å². The zero-order valence-corrected chi connectivity index (χ0v) is 9.53. The van der Waals surface area contributed by atoms with E-state index in [1.807, 2.05) is 0 Å². The molecular weight excluding hydrogens is 204 g/mol. The van der Waals surface area contributed by atoms with Gasteiger partial charge in [0.15, 0.2) is 5.69 Å². The van der Waals surface area contributed by atoms with Crippen LogP contribution in [0.1, 0.15) is 30.3 Å². The van der Waals surface area contributed by atoms with Crippen molar-refractivity contribution in [1.29, 1.82) is 0 Å². The maximum absolute atomic E-state index is 11.2. The van der Waals surface area contributed by atoms with E-state index in [1.165, 1.54) is 12.8 Å². The van der Waals surface area contributed by atoms with Crippen molar-refractivity contribution in [3.63, 3.8) is 0 Å². The SMILES string of the molecule is CNC(=O)c1ccc(NC2CC(C)C2)nn1. The molecule has 1 aliphatic carbocycles. The molecule has 0 radical (unpaired) electrons. The minimum Gasteiger partial charge on any atom is -0.366 e. The van der Waals surface area contributed by atoms with E-state index < -0.39 is 0 Å². The van der Waals surface area contributed by atoms with Crippen LogP contribution in [-0.2, 0) is 0 Å². The summed E-state index contributed by atoms with van der Waals surface area (Å²) in [6, 6.07) is 3.98. The van der Waals surface area contributed by atoms with Crippen LogP contribution in [0.3, 0.4) is 0 Å². The van der Waals surface area contributed by atoms with Crippen molar-refractivity contribution in [1.82, 2.24) is 15.5 Å². The van der Waals surface area contributed by atoms with Gasteiger partial charge in [-0.25, -0.2) is 0 Å². The fraction of sp³-hybridized carbons (Fsp3) is 0.545. The molecule has 1 fully saturated rings. The van der Waals surface area contributed by atoms with Gasteiger partial charge in [-0.05, 0) is 30.9 Å². The van der Waals surface area contributed by atoms with Crippen LogP contribution in [0.25, 0.3) is 0 Å². The zero-order valence-electron chi connectivity index (χ0n) is 9.53. The smallest absolute Gasteiger partial charge is 0.271 e. The third-order valence-corrected chi connectivity index (χ3v) is 2.85. The molecule has 86 valence electrons. The van der Waals surface area contributed by atoms with Gasteiger partial charge >= 0.3 is 0 Å². The largest absolute Gasteiger partial charge is 0.366 e. The highest BCUT2D eigenvalue weighted by Crippen LogP contribution is 2.28. The van der Waals surface area contributed by atoms with Gasteiger partial charge in [0, 0.05) is 13.1 Å². The van der Waals surface area contributed by atoms with Crippen LogP contribution in [0.4, 0.5) is 5.82 Å². The number of hydrogen-bond acceptors (Lipinski definition) is 4. The Labute approximate surface area is 94.6 Å². The summed E-state index contributed by atoms with van der Waals surface area (Å²) < 4.78 is 0. The van der Waals surface area contributed by atoms with Crippen LogP contribution < -0.4 is 10.6 Å². The number of rotatable bonds is 3. The minimum atomic E-state index is -0.212. The molecule has 0 aliphatic heterocycles. The topological polar surface area (TPSA) is 66.9 Å². The lowest BCUT2D eigenvalue weighted by atomic mass is 9.82. The van der Waals surface area contributed by atoms with Crippen molar-refractivity contribution in [3.8, 4) is 0 Å². The molecule has 1 aromatic heterocycles. The Balaban J connectivity index is 1.94. The molecule has 5 nitrogen and oxygen atoms in total. The molecule has 2 N–H and O–H groups in total. The molecule has 1 heterocycles. The van der Waals surface area contributed by atoms with Crippen molar-refractivity contribution >= 4 is 11.7 Å². The highest BCUT2D eigenvalue weighted by molar-refractivity contribution is 5.91. The van der Waals surface area contributed by atoms with Crippen molar-refractivity contribution in [3.05, 3.63) is 17.8 Å². The number of nitrogens with zero attached hydrogens (tertiary/aromatic N) is 2. The van der Waals surface area contributed by atoms with E-state index in [4.69, 9.17) is 0 Å². The Morgan fingerprint density at radius 3 is 2.62 bits per heavy atom. The molecule has 1 aliphatic rings. The second kappa shape index (κ2) is 4.47. The second-order valence-corrected chi connectivity index (χ2v) is 4.30. The quantitative estimate of drug-likeness (QED) is 0.799. The molecule has 0 unspecified atom stereocenters. The van der Waals surface area contributed by atoms with Crippen molar-refractivity contribution in [2.45, 2.75) is 25.8 Å². The van der Waals surface area contributed by atoms with E-state index in [9.17, 15) is 4.79 Å². The molecule has 1 aromatic rings. The van der Waals surface area contributed by atoms with Gasteiger partial charge in [-0.3, -0.25) is 4.79 Å². The standard InChI is InChI=1S/C11H16N4O/c1-7-5-8(6-7)13-10-4-3-9(14-15-10)11(16)12-2/h3-4,7-8H,5-6H2,1-2H3,(H,12,16)(H,13,15). The Morgan fingerprint density at radius 2 is 2.12 bits per heavy atom. The third kappa shape index (κ3) is 2.29. The van der Waals surface area contributed by atoms with Crippen molar-refractivity contribution < 1.29 is 4.79 Å². The van der Waals surface area contributed by atoms with E-state index in [0.29, 0.717) is 11.7 Å². The molecule has 0 atom stereocenters. The highest BCUT2D eigenvalue weighted by atomic mass is 16.1. The average Bonchev–Trinajstić information content (AvgIpc) is 2.27. The Morgan fingerprint density at radius 1 is 1.38 bits per heavy atom. The summed E-state index contributed by atoms with van der Waals surface area (Å²) in [4.78, 5) is 11.2. The van der Waals surface area contributed by atoms with Gasteiger partial charge < -0.3 is 10.6 Å². The first kappa shape index (κ1) is 10.9. The van der Waals surface area contributed by atoms with Crippen LogP contribution in [-0.4, -0.2) is 29.2 Å². The van der Waals surface area contributed by atoms with Gasteiger partial charge in [-0.2, -0.15) is 0 Å². The third-order valence-electron chi connectivity index (χ3n) is 2.85. The maximum atomic E-state index is 11.2. The van der Waals surface area contributed by atoms with E-state index in [-0.39, 0.29) is 5.91 Å². The average molecular weight is 220 g/mol. The fourth-order valence-electron chi connectivity index (χ4n) is 1.89. The number of amides is 1. The van der Waals surface area contributed by atoms with Crippen molar-refractivity contribution in [2.75, 3.05) is 12.4 Å². The summed E-state index contributed by atoms with van der Waals surface area (Å²) in [6.07, 6.45) is 2.36. The molecule has 0 spiro atoms. The molecule has 1 amide bonds. The number of hydrogen-bond donors (Lipinski definition) is 2. The zero-order chi connectivity index (χ0) is 11.5. The predicted octanol–water partition coefficient (Wildman–Crippen LogP) is 1.05. The van der Waals surface area contributed by atoms with E-state index in [0.717, 1.165) is 11.7 Å². The lowest BCUT2D eigenvalue weighted by Gasteiger charge is -2.33. The van der Waals surface area contributed by atoms with Gasteiger partial charge in [0.2, 0.25) is 0 Å². The van der Waals surface area contributed by atoms with E-state index in [1.54, 1.807) is 19.2 Å². The Kier molecular flexibility index (Phi) is 3.03. The Bertz CT molecular complexity index is 370. The molecular formula is C11H16N4O. The first-order valence-electron chi connectivity index (χ1n) is 5.51. The number of carbonyl (C=O) groups is 1. The number of nitrogens with one attached hydrogen (secondary N) is 2. The number of anilines is 1. The number of aromatic nitrogens is 2. The molecule has 0 saturated heterocycles. The molecule has 0 aromatic carbocycles. The lowest BCUT2D eigenvalue weighted by molar-refractivity contribution is 0.0957.